The number of benzene rings is 3. The van der Waals surface area contributed by atoms with Crippen LogP contribution in [0.15, 0.2) is 64.8 Å². The van der Waals surface area contributed by atoms with E-state index < -0.39 is 45.1 Å². The second-order valence-corrected chi connectivity index (χ2v) is 9.02. The van der Waals surface area contributed by atoms with Gasteiger partial charge in [-0.2, -0.15) is 23.4 Å². The number of nitro benzene ring substituents is 1. The van der Waals surface area contributed by atoms with E-state index in [2.05, 4.69) is 15.5 Å². The molecule has 11 heteroatoms. The number of amides is 1. The van der Waals surface area contributed by atoms with Crippen molar-refractivity contribution in [2.75, 3.05) is 5.32 Å². The first-order valence-electron chi connectivity index (χ1n) is 10.7. The molecule has 8 nitrogen and oxygen atoms in total. The van der Waals surface area contributed by atoms with Gasteiger partial charge in [-0.3, -0.25) is 14.9 Å². The molecule has 0 unspecified atom stereocenters. The van der Waals surface area contributed by atoms with E-state index in [1.807, 2.05) is 0 Å². The van der Waals surface area contributed by atoms with Crippen LogP contribution >= 0.6 is 0 Å². The van der Waals surface area contributed by atoms with Crippen LogP contribution in [0.5, 0.6) is 5.75 Å². The summed E-state index contributed by atoms with van der Waals surface area (Å²) in [5, 5.41) is 32.4. The van der Waals surface area contributed by atoms with Gasteiger partial charge in [-0.1, -0.05) is 39.0 Å². The summed E-state index contributed by atoms with van der Waals surface area (Å²) in [6.45, 7) is 6.85. The second kappa shape index (κ2) is 9.76. The van der Waals surface area contributed by atoms with E-state index >= 15 is 0 Å². The molecule has 0 aliphatic carbocycles. The summed E-state index contributed by atoms with van der Waals surface area (Å²) < 4.78 is 40.8. The number of nitro groups is 1. The Kier molecular flexibility index (Phi) is 7.14. The van der Waals surface area contributed by atoms with Crippen molar-refractivity contribution in [1.82, 2.24) is 0 Å². The molecule has 3 rings (SSSR count). The number of rotatable bonds is 5. The molecule has 0 aliphatic heterocycles. The molecular formula is C25H23F3N4O4. The molecular weight excluding hydrogens is 477 g/mol. The standard InChI is InChI=1S/C25H23F3N4O4/c1-14-20(31-30-15-8-6-5-7-9-15)13-18(24(2,3)4)22(33)21(14)23(34)29-19-11-10-16(32(35)36)12-17(19)25(26,27)28/h5-13,33H,1-4H3,(H,29,34). The van der Waals surface area contributed by atoms with E-state index in [1.54, 1.807) is 57.2 Å². The molecule has 36 heavy (non-hydrogen) atoms. The van der Waals surface area contributed by atoms with Crippen LogP contribution in [0.3, 0.4) is 0 Å². The van der Waals surface area contributed by atoms with E-state index in [0.717, 1.165) is 12.1 Å². The van der Waals surface area contributed by atoms with Gasteiger partial charge in [0.05, 0.1) is 33.1 Å². The number of carbonyl (C=O) groups excluding carboxylic acids is 1. The average Bonchev–Trinajstić information content (AvgIpc) is 2.77. The van der Waals surface area contributed by atoms with E-state index in [9.17, 15) is 33.2 Å². The van der Waals surface area contributed by atoms with E-state index in [4.69, 9.17) is 0 Å². The first kappa shape index (κ1) is 26.3. The maximum absolute atomic E-state index is 13.6. The molecule has 0 saturated carbocycles. The van der Waals surface area contributed by atoms with Crippen LogP contribution in [0.2, 0.25) is 0 Å². The van der Waals surface area contributed by atoms with Gasteiger partial charge in [0.15, 0.2) is 0 Å². The smallest absolute Gasteiger partial charge is 0.418 e. The van der Waals surface area contributed by atoms with Crippen LogP contribution in [-0.4, -0.2) is 15.9 Å². The number of hydrogen-bond acceptors (Lipinski definition) is 6. The Morgan fingerprint density at radius 1 is 1.00 bits per heavy atom. The quantitative estimate of drug-likeness (QED) is 0.213. The van der Waals surface area contributed by atoms with Crippen molar-refractivity contribution in [3.63, 3.8) is 0 Å². The first-order valence-corrected chi connectivity index (χ1v) is 10.7. The van der Waals surface area contributed by atoms with Crippen molar-refractivity contribution >= 4 is 28.7 Å². The normalized spacial score (nSPS) is 12.1. The van der Waals surface area contributed by atoms with Crippen molar-refractivity contribution in [3.05, 3.63) is 87.0 Å². The van der Waals surface area contributed by atoms with Gasteiger partial charge >= 0.3 is 6.18 Å². The van der Waals surface area contributed by atoms with E-state index in [1.165, 1.54) is 6.92 Å². The summed E-state index contributed by atoms with van der Waals surface area (Å²) in [7, 11) is 0. The lowest BCUT2D eigenvalue weighted by molar-refractivity contribution is -0.385. The summed E-state index contributed by atoms with van der Waals surface area (Å²) in [6.07, 6.45) is -4.98. The lowest BCUT2D eigenvalue weighted by atomic mass is 9.83. The predicted molar refractivity (Wildman–Crippen MR) is 128 cm³/mol. The lowest BCUT2D eigenvalue weighted by Gasteiger charge is -2.24. The Balaban J connectivity index is 2.13. The number of phenolic OH excluding ortho intramolecular Hbond substituents is 1. The van der Waals surface area contributed by atoms with Crippen LogP contribution in [0, 0.1) is 17.0 Å². The Hall–Kier alpha value is -4.28. The summed E-state index contributed by atoms with van der Waals surface area (Å²) in [4.78, 5) is 23.2. The molecule has 0 fully saturated rings. The van der Waals surface area contributed by atoms with Gasteiger partial charge in [-0.15, -0.1) is 0 Å². The fourth-order valence-electron chi connectivity index (χ4n) is 3.49. The number of hydrogen-bond donors (Lipinski definition) is 2. The molecule has 0 heterocycles. The SMILES string of the molecule is Cc1c(N=Nc2ccccc2)cc(C(C)(C)C)c(O)c1C(=O)Nc1ccc([N+](=O)[O-])cc1C(F)(F)F. The highest BCUT2D eigenvalue weighted by Gasteiger charge is 2.36. The molecule has 0 spiro atoms. The summed E-state index contributed by atoms with van der Waals surface area (Å²) in [5.74, 6) is -1.45. The molecule has 0 aliphatic rings. The lowest BCUT2D eigenvalue weighted by Crippen LogP contribution is -2.20. The van der Waals surface area contributed by atoms with Gasteiger partial charge in [0.25, 0.3) is 11.6 Å². The second-order valence-electron chi connectivity index (χ2n) is 9.02. The van der Waals surface area contributed by atoms with Gasteiger partial charge in [0.2, 0.25) is 0 Å². The number of carbonyl (C=O) groups is 1. The minimum Gasteiger partial charge on any atom is -0.507 e. The minimum atomic E-state index is -4.98. The summed E-state index contributed by atoms with van der Waals surface area (Å²) in [6, 6.07) is 12.3. The minimum absolute atomic E-state index is 0.188. The molecule has 188 valence electrons. The number of aromatic hydroxyl groups is 1. The van der Waals surface area contributed by atoms with Crippen LogP contribution in [0.4, 0.5) is 35.9 Å². The highest BCUT2D eigenvalue weighted by atomic mass is 19.4. The third-order valence-electron chi connectivity index (χ3n) is 5.36. The van der Waals surface area contributed by atoms with Crippen LogP contribution in [0.1, 0.15) is 47.8 Å². The maximum Gasteiger partial charge on any atom is 0.418 e. The monoisotopic (exact) mass is 500 g/mol. The molecule has 3 aromatic rings. The predicted octanol–water partition coefficient (Wildman–Crippen LogP) is 7.59. The number of alkyl halides is 3. The van der Waals surface area contributed by atoms with Gasteiger partial charge in [0, 0.05) is 17.7 Å². The fourth-order valence-corrected chi connectivity index (χ4v) is 3.49. The van der Waals surface area contributed by atoms with Crippen LogP contribution < -0.4 is 5.32 Å². The maximum atomic E-state index is 13.6. The Morgan fingerprint density at radius 3 is 2.19 bits per heavy atom. The topological polar surface area (TPSA) is 117 Å². The Labute approximate surface area is 204 Å². The summed E-state index contributed by atoms with van der Waals surface area (Å²) >= 11 is 0. The molecule has 0 radical (unpaired) electrons. The zero-order valence-electron chi connectivity index (χ0n) is 19.8. The summed E-state index contributed by atoms with van der Waals surface area (Å²) in [5.41, 5.74) is -2.50. The average molecular weight is 500 g/mol. The highest BCUT2D eigenvalue weighted by Crippen LogP contribution is 2.42. The third-order valence-corrected chi connectivity index (χ3v) is 5.36. The molecule has 2 N–H and O–H groups in total. The van der Waals surface area contributed by atoms with Gasteiger partial charge in [0.1, 0.15) is 5.75 Å². The van der Waals surface area contributed by atoms with Crippen molar-refractivity contribution < 1.29 is 28.0 Å². The molecule has 0 saturated heterocycles. The van der Waals surface area contributed by atoms with Crippen molar-refractivity contribution in [2.24, 2.45) is 10.2 Å². The van der Waals surface area contributed by atoms with E-state index in [0.29, 0.717) is 17.3 Å². The van der Waals surface area contributed by atoms with Crippen molar-refractivity contribution in [2.45, 2.75) is 39.3 Å². The number of phenols is 1. The van der Waals surface area contributed by atoms with Gasteiger partial charge in [-0.05, 0) is 42.2 Å². The van der Waals surface area contributed by atoms with Crippen molar-refractivity contribution in [3.8, 4) is 5.75 Å². The molecule has 0 bridgehead atoms. The van der Waals surface area contributed by atoms with E-state index in [-0.39, 0.29) is 16.8 Å². The van der Waals surface area contributed by atoms with Crippen molar-refractivity contribution in [1.29, 1.82) is 0 Å². The zero-order chi connectivity index (χ0) is 26.8. The molecule has 1 amide bonds. The highest BCUT2D eigenvalue weighted by molar-refractivity contribution is 6.08. The van der Waals surface area contributed by atoms with Gasteiger partial charge < -0.3 is 10.4 Å². The fraction of sp³-hybridized carbons (Fsp3) is 0.240. The number of anilines is 1. The zero-order valence-corrected chi connectivity index (χ0v) is 19.8. The van der Waals surface area contributed by atoms with Crippen LogP contribution in [-0.2, 0) is 11.6 Å². The number of halogens is 3. The molecule has 0 aromatic heterocycles. The molecule has 3 aromatic carbocycles. The number of azo groups is 1. The Bertz CT molecular complexity index is 1350. The number of nitrogens with zero attached hydrogens (tertiary/aromatic N) is 3. The van der Waals surface area contributed by atoms with Crippen LogP contribution in [0.25, 0.3) is 0 Å². The van der Waals surface area contributed by atoms with Gasteiger partial charge in [-0.25, -0.2) is 0 Å². The third kappa shape index (κ3) is 5.68. The largest absolute Gasteiger partial charge is 0.507 e. The Morgan fingerprint density at radius 2 is 1.64 bits per heavy atom. The number of non-ortho nitro benzene ring substituents is 1. The number of nitrogens with one attached hydrogen (secondary N) is 1. The first-order chi connectivity index (χ1) is 16.7. The molecule has 0 atom stereocenters.